The second-order valence-corrected chi connectivity index (χ2v) is 5.32. The standard InChI is InChI=1S/C13H22N6O2/c1-10-4-2-3-5-19(10)13(21)9-18-8-11(16-17-18)7-15-12(20)6-14/h8,10H,2-7,9,14H2,1H3,(H,15,20). The first kappa shape index (κ1) is 15.4. The van der Waals surface area contributed by atoms with Gasteiger partial charge in [0.25, 0.3) is 0 Å². The minimum atomic E-state index is -0.247. The van der Waals surface area contributed by atoms with Crippen LogP contribution >= 0.6 is 0 Å². The number of nitrogens with zero attached hydrogens (tertiary/aromatic N) is 4. The lowest BCUT2D eigenvalue weighted by Gasteiger charge is -2.33. The molecule has 1 unspecified atom stereocenters. The van der Waals surface area contributed by atoms with Crippen LogP contribution in [0.25, 0.3) is 0 Å². The summed E-state index contributed by atoms with van der Waals surface area (Å²) >= 11 is 0. The average molecular weight is 294 g/mol. The van der Waals surface area contributed by atoms with Gasteiger partial charge in [0.15, 0.2) is 0 Å². The van der Waals surface area contributed by atoms with E-state index in [0.717, 1.165) is 19.4 Å². The number of hydrogen-bond donors (Lipinski definition) is 2. The minimum absolute atomic E-state index is 0.0561. The summed E-state index contributed by atoms with van der Waals surface area (Å²) in [6, 6.07) is 0.290. The van der Waals surface area contributed by atoms with E-state index in [-0.39, 0.29) is 37.5 Å². The summed E-state index contributed by atoms with van der Waals surface area (Å²) in [5.74, 6) is -0.188. The molecule has 3 N–H and O–H groups in total. The molecule has 1 aliphatic rings. The van der Waals surface area contributed by atoms with Gasteiger partial charge in [-0.1, -0.05) is 5.21 Å². The normalized spacial score (nSPS) is 18.6. The molecule has 1 aliphatic heterocycles. The third-order valence-corrected chi connectivity index (χ3v) is 3.66. The highest BCUT2D eigenvalue weighted by molar-refractivity contribution is 5.77. The molecule has 8 nitrogen and oxygen atoms in total. The van der Waals surface area contributed by atoms with Crippen LogP contribution in [0.4, 0.5) is 0 Å². The number of nitrogens with one attached hydrogen (secondary N) is 1. The predicted molar refractivity (Wildman–Crippen MR) is 75.9 cm³/mol. The van der Waals surface area contributed by atoms with Crippen molar-refractivity contribution in [3.05, 3.63) is 11.9 Å². The van der Waals surface area contributed by atoms with Gasteiger partial charge in [-0.2, -0.15) is 0 Å². The zero-order valence-electron chi connectivity index (χ0n) is 12.3. The fourth-order valence-corrected chi connectivity index (χ4v) is 2.46. The number of likely N-dealkylation sites (tertiary alicyclic amines) is 1. The van der Waals surface area contributed by atoms with Crippen molar-refractivity contribution in [2.75, 3.05) is 13.1 Å². The van der Waals surface area contributed by atoms with Crippen molar-refractivity contribution in [1.82, 2.24) is 25.2 Å². The quantitative estimate of drug-likeness (QED) is 0.743. The topological polar surface area (TPSA) is 106 Å². The number of nitrogens with two attached hydrogens (primary N) is 1. The van der Waals surface area contributed by atoms with Crippen LogP contribution in [-0.4, -0.2) is 50.8 Å². The summed E-state index contributed by atoms with van der Waals surface area (Å²) in [5, 5.41) is 10.5. The van der Waals surface area contributed by atoms with Crippen LogP contribution in [0.2, 0.25) is 0 Å². The molecule has 1 fully saturated rings. The Morgan fingerprint density at radius 1 is 1.48 bits per heavy atom. The van der Waals surface area contributed by atoms with Crippen LogP contribution in [0.1, 0.15) is 31.9 Å². The Hall–Kier alpha value is -1.96. The summed E-state index contributed by atoms with van der Waals surface area (Å²) in [6.45, 7) is 3.28. The Balaban J connectivity index is 1.86. The summed E-state index contributed by atoms with van der Waals surface area (Å²) < 4.78 is 1.51. The maximum atomic E-state index is 12.3. The van der Waals surface area contributed by atoms with Crippen LogP contribution in [0.3, 0.4) is 0 Å². The number of rotatable bonds is 5. The Kier molecular flexibility index (Phi) is 5.26. The highest BCUT2D eigenvalue weighted by atomic mass is 16.2. The molecule has 116 valence electrons. The van der Waals surface area contributed by atoms with Crippen molar-refractivity contribution >= 4 is 11.8 Å². The minimum Gasteiger partial charge on any atom is -0.349 e. The van der Waals surface area contributed by atoms with Gasteiger partial charge in [-0.25, -0.2) is 4.68 Å². The molecule has 0 aromatic carbocycles. The van der Waals surface area contributed by atoms with Crippen molar-refractivity contribution in [3.63, 3.8) is 0 Å². The van der Waals surface area contributed by atoms with Gasteiger partial charge in [0, 0.05) is 12.6 Å². The Morgan fingerprint density at radius 3 is 3.00 bits per heavy atom. The van der Waals surface area contributed by atoms with Crippen LogP contribution in [0.5, 0.6) is 0 Å². The van der Waals surface area contributed by atoms with Gasteiger partial charge in [0.05, 0.1) is 19.3 Å². The second kappa shape index (κ2) is 7.16. The maximum Gasteiger partial charge on any atom is 0.244 e. The molecule has 0 aliphatic carbocycles. The average Bonchev–Trinajstić information content (AvgIpc) is 2.92. The molecule has 21 heavy (non-hydrogen) atoms. The van der Waals surface area contributed by atoms with Crippen molar-refractivity contribution in [2.45, 2.75) is 45.3 Å². The lowest BCUT2D eigenvalue weighted by atomic mass is 10.0. The van der Waals surface area contributed by atoms with E-state index in [1.807, 2.05) is 4.90 Å². The van der Waals surface area contributed by atoms with E-state index in [9.17, 15) is 9.59 Å². The largest absolute Gasteiger partial charge is 0.349 e. The van der Waals surface area contributed by atoms with Crippen LogP contribution < -0.4 is 11.1 Å². The lowest BCUT2D eigenvalue weighted by molar-refractivity contribution is -0.135. The van der Waals surface area contributed by atoms with Gasteiger partial charge in [0.1, 0.15) is 12.2 Å². The van der Waals surface area contributed by atoms with Gasteiger partial charge in [-0.15, -0.1) is 5.10 Å². The summed E-state index contributed by atoms with van der Waals surface area (Å²) in [7, 11) is 0. The number of aromatic nitrogens is 3. The van der Waals surface area contributed by atoms with Crippen molar-refractivity contribution in [1.29, 1.82) is 0 Å². The molecule has 0 spiro atoms. The van der Waals surface area contributed by atoms with Crippen molar-refractivity contribution < 1.29 is 9.59 Å². The van der Waals surface area contributed by atoms with Crippen LogP contribution in [-0.2, 0) is 22.7 Å². The van der Waals surface area contributed by atoms with E-state index in [1.165, 1.54) is 11.1 Å². The molecular weight excluding hydrogens is 272 g/mol. The van der Waals surface area contributed by atoms with Crippen LogP contribution in [0, 0.1) is 0 Å². The van der Waals surface area contributed by atoms with E-state index in [4.69, 9.17) is 5.73 Å². The van der Waals surface area contributed by atoms with E-state index in [2.05, 4.69) is 22.6 Å². The van der Waals surface area contributed by atoms with Gasteiger partial charge in [-0.05, 0) is 26.2 Å². The number of carbonyl (C=O) groups is 2. The van der Waals surface area contributed by atoms with Gasteiger partial charge in [0.2, 0.25) is 11.8 Å². The summed E-state index contributed by atoms with van der Waals surface area (Å²) in [4.78, 5) is 25.2. The molecule has 0 bridgehead atoms. The SMILES string of the molecule is CC1CCCCN1C(=O)Cn1cc(CNC(=O)CN)nn1. The molecule has 2 amide bonds. The summed E-state index contributed by atoms with van der Waals surface area (Å²) in [6.07, 6.45) is 4.96. The zero-order valence-corrected chi connectivity index (χ0v) is 12.3. The fourth-order valence-electron chi connectivity index (χ4n) is 2.46. The molecule has 0 radical (unpaired) electrons. The smallest absolute Gasteiger partial charge is 0.244 e. The predicted octanol–water partition coefficient (Wildman–Crippen LogP) is -0.746. The monoisotopic (exact) mass is 294 g/mol. The zero-order chi connectivity index (χ0) is 15.2. The lowest BCUT2D eigenvalue weighted by Crippen LogP contribution is -2.43. The Bertz CT molecular complexity index is 501. The molecule has 0 saturated carbocycles. The van der Waals surface area contributed by atoms with Gasteiger partial charge in [-0.3, -0.25) is 9.59 Å². The maximum absolute atomic E-state index is 12.3. The van der Waals surface area contributed by atoms with Gasteiger partial charge < -0.3 is 16.0 Å². The number of piperidine rings is 1. The number of carbonyl (C=O) groups excluding carboxylic acids is 2. The molecule has 2 rings (SSSR count). The highest BCUT2D eigenvalue weighted by Gasteiger charge is 2.23. The summed E-state index contributed by atoms with van der Waals surface area (Å²) in [5.41, 5.74) is 5.81. The van der Waals surface area contributed by atoms with E-state index >= 15 is 0 Å². The number of amides is 2. The van der Waals surface area contributed by atoms with E-state index in [1.54, 1.807) is 6.20 Å². The molecule has 8 heteroatoms. The van der Waals surface area contributed by atoms with Gasteiger partial charge >= 0.3 is 0 Å². The first-order valence-corrected chi connectivity index (χ1v) is 7.25. The van der Waals surface area contributed by atoms with Crippen molar-refractivity contribution in [3.8, 4) is 0 Å². The van der Waals surface area contributed by atoms with E-state index in [0.29, 0.717) is 5.69 Å². The highest BCUT2D eigenvalue weighted by Crippen LogP contribution is 2.16. The molecule has 1 saturated heterocycles. The third kappa shape index (κ3) is 4.25. The Morgan fingerprint density at radius 2 is 2.29 bits per heavy atom. The first-order valence-electron chi connectivity index (χ1n) is 7.25. The molecule has 1 aromatic heterocycles. The third-order valence-electron chi connectivity index (χ3n) is 3.66. The fraction of sp³-hybridized carbons (Fsp3) is 0.692. The first-order chi connectivity index (χ1) is 10.1. The molecule has 1 aromatic rings. The van der Waals surface area contributed by atoms with Crippen molar-refractivity contribution in [2.24, 2.45) is 5.73 Å². The number of hydrogen-bond acceptors (Lipinski definition) is 5. The van der Waals surface area contributed by atoms with E-state index < -0.39 is 0 Å². The second-order valence-electron chi connectivity index (χ2n) is 5.32. The molecular formula is C13H22N6O2. The molecule has 1 atom stereocenters. The Labute approximate surface area is 123 Å². The van der Waals surface area contributed by atoms with Crippen LogP contribution in [0.15, 0.2) is 6.20 Å². The molecule has 2 heterocycles.